The van der Waals surface area contributed by atoms with Crippen molar-refractivity contribution >= 4 is 38.3 Å². The van der Waals surface area contributed by atoms with Gasteiger partial charge >= 0.3 is 12.1 Å². The van der Waals surface area contributed by atoms with E-state index in [1.807, 2.05) is 4.90 Å². The number of alkyl halides is 3. The molecule has 0 unspecified atom stereocenters. The molecule has 0 spiro atoms. The first-order valence-corrected chi connectivity index (χ1v) is 14.1. The number of benzene rings is 2. The van der Waals surface area contributed by atoms with E-state index in [1.165, 1.54) is 25.6 Å². The quantitative estimate of drug-likeness (QED) is 0.259. The number of hydrogen-bond acceptors (Lipinski definition) is 8. The van der Waals surface area contributed by atoms with Crippen molar-refractivity contribution in [3.63, 3.8) is 0 Å². The molecule has 4 aromatic rings. The Labute approximate surface area is 246 Å². The van der Waals surface area contributed by atoms with E-state index in [0.29, 0.717) is 46.9 Å². The van der Waals surface area contributed by atoms with E-state index in [0.717, 1.165) is 25.2 Å². The van der Waals surface area contributed by atoms with Crippen molar-refractivity contribution in [1.82, 2.24) is 15.3 Å². The van der Waals surface area contributed by atoms with Gasteiger partial charge < -0.3 is 20.1 Å². The zero-order chi connectivity index (χ0) is 32.2. The number of piperazine rings is 1. The molecular formula is C27H23F6N5O5S. The van der Waals surface area contributed by atoms with Crippen LogP contribution in [0.4, 0.5) is 37.7 Å². The van der Waals surface area contributed by atoms with Gasteiger partial charge in [0.2, 0.25) is 5.88 Å². The lowest BCUT2D eigenvalue weighted by Crippen LogP contribution is -2.44. The second kappa shape index (κ2) is 12.9. The van der Waals surface area contributed by atoms with E-state index < -0.39 is 44.5 Å². The fourth-order valence-electron chi connectivity index (χ4n) is 4.28. The van der Waals surface area contributed by atoms with Crippen molar-refractivity contribution in [2.75, 3.05) is 42.9 Å². The van der Waals surface area contributed by atoms with Crippen LogP contribution < -0.4 is 19.7 Å². The molecule has 2 aromatic heterocycles. The Kier molecular flexibility index (Phi) is 9.48. The van der Waals surface area contributed by atoms with E-state index in [-0.39, 0.29) is 11.6 Å². The number of hydrogen-bond donors (Lipinski definition) is 3. The average molecular weight is 644 g/mol. The molecule has 0 amide bonds. The number of aliphatic carboxylic acids is 1. The van der Waals surface area contributed by atoms with Gasteiger partial charge in [0.15, 0.2) is 5.82 Å². The minimum Gasteiger partial charge on any atom is -0.480 e. The maximum absolute atomic E-state index is 14.9. The average Bonchev–Trinajstić information content (AvgIpc) is 2.96. The molecule has 44 heavy (non-hydrogen) atoms. The second-order valence-corrected chi connectivity index (χ2v) is 10.8. The highest BCUT2D eigenvalue weighted by atomic mass is 32.2. The van der Waals surface area contributed by atoms with E-state index in [9.17, 15) is 34.8 Å². The van der Waals surface area contributed by atoms with Crippen molar-refractivity contribution in [1.29, 1.82) is 0 Å². The first-order chi connectivity index (χ1) is 20.7. The Morgan fingerprint density at radius 2 is 1.66 bits per heavy atom. The molecule has 234 valence electrons. The van der Waals surface area contributed by atoms with Gasteiger partial charge in [-0.1, -0.05) is 6.07 Å². The number of carboxylic acids is 1. The highest BCUT2D eigenvalue weighted by Crippen LogP contribution is 2.35. The standard InChI is InChI=1S/C25H22F3N5O3S.C2HF3O2/c1-36-25-22(32-37(34,35)23-5-3-17(26)12-19(23)27)11-16(13-31-25)15-2-4-21-18(10-15)24(20(28)14-30-21)33-8-6-29-7-9-33;3-2(4,5)1(6)7/h2-5,10-14,29,32H,6-9H2,1H3;(H,6,7). The summed E-state index contributed by atoms with van der Waals surface area (Å²) in [7, 11) is -3.13. The topological polar surface area (TPSA) is 134 Å². The van der Waals surface area contributed by atoms with Crippen LogP contribution in [-0.4, -0.2) is 68.9 Å². The van der Waals surface area contributed by atoms with E-state index >= 15 is 0 Å². The molecule has 5 rings (SSSR count). The lowest BCUT2D eigenvalue weighted by atomic mass is 10.0. The molecule has 3 N–H and O–H groups in total. The monoisotopic (exact) mass is 643 g/mol. The van der Waals surface area contributed by atoms with E-state index in [2.05, 4.69) is 20.0 Å². The molecule has 17 heteroatoms. The molecule has 10 nitrogen and oxygen atoms in total. The van der Waals surface area contributed by atoms with Crippen LogP contribution in [0, 0.1) is 17.5 Å². The fourth-order valence-corrected chi connectivity index (χ4v) is 5.39. The van der Waals surface area contributed by atoms with Gasteiger partial charge in [0, 0.05) is 49.4 Å². The fraction of sp³-hybridized carbons (Fsp3) is 0.222. The molecule has 3 heterocycles. The van der Waals surface area contributed by atoms with Crippen LogP contribution in [-0.2, 0) is 14.8 Å². The predicted molar refractivity (Wildman–Crippen MR) is 147 cm³/mol. The lowest BCUT2D eigenvalue weighted by Gasteiger charge is -2.30. The summed E-state index contributed by atoms with van der Waals surface area (Å²) < 4.78 is 107. The summed E-state index contributed by atoms with van der Waals surface area (Å²) in [6.07, 6.45) is -2.40. The molecule has 1 fully saturated rings. The zero-order valence-corrected chi connectivity index (χ0v) is 23.4. The number of halogens is 6. The Morgan fingerprint density at radius 1 is 0.977 bits per heavy atom. The number of pyridine rings is 2. The molecule has 0 aliphatic carbocycles. The van der Waals surface area contributed by atoms with Crippen molar-refractivity contribution in [3.05, 3.63) is 72.3 Å². The van der Waals surface area contributed by atoms with Gasteiger partial charge in [-0.25, -0.2) is 31.4 Å². The van der Waals surface area contributed by atoms with Crippen LogP contribution in [0.3, 0.4) is 0 Å². The van der Waals surface area contributed by atoms with Crippen LogP contribution in [0.1, 0.15) is 0 Å². The van der Waals surface area contributed by atoms with Gasteiger partial charge in [-0.2, -0.15) is 13.2 Å². The van der Waals surface area contributed by atoms with Gasteiger partial charge in [0.05, 0.1) is 24.5 Å². The predicted octanol–water partition coefficient (Wildman–Crippen LogP) is 4.57. The summed E-state index contributed by atoms with van der Waals surface area (Å²) in [5, 5.41) is 11.0. The number of carboxylic acid groups (broad SMARTS) is 1. The number of rotatable bonds is 6. The van der Waals surface area contributed by atoms with E-state index in [4.69, 9.17) is 14.6 Å². The smallest absolute Gasteiger partial charge is 0.480 e. The number of anilines is 2. The second-order valence-electron chi connectivity index (χ2n) is 9.19. The van der Waals surface area contributed by atoms with Crippen LogP contribution in [0.2, 0.25) is 0 Å². The summed E-state index contributed by atoms with van der Waals surface area (Å²) in [5.74, 6) is -5.38. The number of nitrogens with zero attached hydrogens (tertiary/aromatic N) is 3. The molecule has 1 aliphatic rings. The summed E-state index contributed by atoms with van der Waals surface area (Å²) in [6.45, 7) is 2.72. The summed E-state index contributed by atoms with van der Waals surface area (Å²) in [4.78, 5) is 18.5. The number of carbonyl (C=O) groups is 1. The number of methoxy groups -OCH3 is 1. The zero-order valence-electron chi connectivity index (χ0n) is 22.6. The molecule has 0 atom stereocenters. The van der Waals surface area contributed by atoms with Crippen molar-refractivity contribution in [2.24, 2.45) is 0 Å². The third kappa shape index (κ3) is 7.28. The number of nitrogens with one attached hydrogen (secondary N) is 2. The summed E-state index contributed by atoms with van der Waals surface area (Å²) in [6, 6.07) is 8.92. The maximum atomic E-state index is 14.9. The van der Waals surface area contributed by atoms with Gasteiger partial charge in [-0.3, -0.25) is 9.71 Å². The third-order valence-electron chi connectivity index (χ3n) is 6.28. The van der Waals surface area contributed by atoms with Crippen molar-refractivity contribution in [3.8, 4) is 17.0 Å². The van der Waals surface area contributed by atoms with E-state index in [1.54, 1.807) is 18.2 Å². The number of aromatic nitrogens is 2. The largest absolute Gasteiger partial charge is 0.490 e. The van der Waals surface area contributed by atoms with Gasteiger partial charge in [0.25, 0.3) is 10.0 Å². The number of fused-ring (bicyclic) bond motifs is 1. The number of sulfonamides is 1. The van der Waals surface area contributed by atoms with Gasteiger partial charge in [-0.05, 0) is 35.9 Å². The van der Waals surface area contributed by atoms with Gasteiger partial charge in [-0.15, -0.1) is 0 Å². The Balaban J connectivity index is 0.000000566. The first kappa shape index (κ1) is 32.3. The maximum Gasteiger partial charge on any atom is 0.490 e. The van der Waals surface area contributed by atoms with Crippen molar-refractivity contribution < 1.29 is 49.4 Å². The molecular weight excluding hydrogens is 620 g/mol. The third-order valence-corrected chi connectivity index (χ3v) is 7.67. The van der Waals surface area contributed by atoms with Crippen molar-refractivity contribution in [2.45, 2.75) is 11.1 Å². The van der Waals surface area contributed by atoms with Crippen LogP contribution in [0.5, 0.6) is 5.88 Å². The molecule has 2 aromatic carbocycles. The Hall–Kier alpha value is -4.64. The minimum atomic E-state index is -5.08. The highest BCUT2D eigenvalue weighted by Gasteiger charge is 2.38. The Bertz CT molecular complexity index is 1800. The van der Waals surface area contributed by atoms with Crippen LogP contribution in [0.15, 0.2) is 59.8 Å². The first-order valence-electron chi connectivity index (χ1n) is 12.6. The SMILES string of the molecule is COc1ncc(-c2ccc3ncc(F)c(N4CCNCC4)c3c2)cc1NS(=O)(=O)c1ccc(F)cc1F.O=C(O)C(F)(F)F. The molecule has 0 bridgehead atoms. The minimum absolute atomic E-state index is 0.0511. The summed E-state index contributed by atoms with van der Waals surface area (Å²) >= 11 is 0. The molecule has 0 saturated carbocycles. The van der Waals surface area contributed by atoms with Crippen LogP contribution >= 0.6 is 0 Å². The van der Waals surface area contributed by atoms with Gasteiger partial charge in [0.1, 0.15) is 22.2 Å². The molecule has 1 aliphatic heterocycles. The Morgan fingerprint density at radius 3 is 2.27 bits per heavy atom. The normalized spacial score (nSPS) is 13.7. The molecule has 0 radical (unpaired) electrons. The van der Waals surface area contributed by atoms with Crippen LogP contribution in [0.25, 0.3) is 22.0 Å². The lowest BCUT2D eigenvalue weighted by molar-refractivity contribution is -0.192. The summed E-state index contributed by atoms with van der Waals surface area (Å²) in [5.41, 5.74) is 2.12. The molecule has 1 saturated heterocycles. The highest BCUT2D eigenvalue weighted by molar-refractivity contribution is 7.92. The number of ether oxygens (including phenoxy) is 1.